The minimum absolute atomic E-state index is 0.276. The van der Waals surface area contributed by atoms with Gasteiger partial charge in [0.1, 0.15) is 5.69 Å². The first-order chi connectivity index (χ1) is 5.41. The fourth-order valence-corrected chi connectivity index (χ4v) is 0.644. The molecule has 0 radical (unpaired) electrons. The molecule has 0 aromatic carbocycles. The highest BCUT2D eigenvalue weighted by Crippen LogP contribution is 2.27. The summed E-state index contributed by atoms with van der Waals surface area (Å²) in [6, 6.07) is 0. The third-order valence-electron chi connectivity index (χ3n) is 1.21. The number of imidazole rings is 1. The highest BCUT2D eigenvalue weighted by atomic mass is 19.4. The zero-order valence-corrected chi connectivity index (χ0v) is 6.07. The number of aromatic amines is 1. The van der Waals surface area contributed by atoms with Crippen molar-refractivity contribution < 1.29 is 18.0 Å². The summed E-state index contributed by atoms with van der Waals surface area (Å²) in [5.41, 5.74) is -1.01. The fourth-order valence-electron chi connectivity index (χ4n) is 0.644. The Morgan fingerprint density at radius 3 is 2.42 bits per heavy atom. The quantitative estimate of drug-likeness (QED) is 0.664. The van der Waals surface area contributed by atoms with Gasteiger partial charge < -0.3 is 4.98 Å². The summed E-state index contributed by atoms with van der Waals surface area (Å²) in [5.74, 6) is -0.798. The van der Waals surface area contributed by atoms with Crippen molar-refractivity contribution in [3.8, 4) is 0 Å². The van der Waals surface area contributed by atoms with Gasteiger partial charge in [-0.3, -0.25) is 4.79 Å². The summed E-state index contributed by atoms with van der Waals surface area (Å²) < 4.78 is 35.6. The van der Waals surface area contributed by atoms with Crippen LogP contribution < -0.4 is 0 Å². The first-order valence-electron chi connectivity index (χ1n) is 3.04. The van der Waals surface area contributed by atoms with E-state index in [1.54, 1.807) is 0 Å². The van der Waals surface area contributed by atoms with Gasteiger partial charge in [-0.15, -0.1) is 0 Å². The molecule has 0 aliphatic rings. The molecular formula is C6H5F3N2O. The third-order valence-corrected chi connectivity index (χ3v) is 1.21. The second-order valence-electron chi connectivity index (χ2n) is 2.20. The second kappa shape index (κ2) is 2.62. The van der Waals surface area contributed by atoms with Gasteiger partial charge in [-0.25, -0.2) is 4.98 Å². The lowest BCUT2D eigenvalue weighted by Crippen LogP contribution is -2.05. The zero-order chi connectivity index (χ0) is 9.35. The lowest BCUT2D eigenvalue weighted by atomic mass is 10.4. The van der Waals surface area contributed by atoms with E-state index in [0.717, 1.165) is 6.92 Å². The Morgan fingerprint density at radius 2 is 2.17 bits per heavy atom. The largest absolute Gasteiger partial charge is 0.432 e. The highest BCUT2D eigenvalue weighted by Gasteiger charge is 2.33. The number of ketones is 1. The van der Waals surface area contributed by atoms with Gasteiger partial charge in [0, 0.05) is 6.92 Å². The molecule has 0 aliphatic heterocycles. The Morgan fingerprint density at radius 1 is 1.58 bits per heavy atom. The van der Waals surface area contributed by atoms with E-state index in [9.17, 15) is 18.0 Å². The van der Waals surface area contributed by atoms with Crippen molar-refractivity contribution in [3.63, 3.8) is 0 Å². The van der Waals surface area contributed by atoms with E-state index >= 15 is 0 Å². The van der Waals surface area contributed by atoms with E-state index in [1.165, 1.54) is 0 Å². The van der Waals surface area contributed by atoms with E-state index in [0.29, 0.717) is 6.20 Å². The van der Waals surface area contributed by atoms with Crippen LogP contribution >= 0.6 is 0 Å². The van der Waals surface area contributed by atoms with Gasteiger partial charge in [0.2, 0.25) is 0 Å². The van der Waals surface area contributed by atoms with Crippen LogP contribution in [0.4, 0.5) is 13.2 Å². The second-order valence-corrected chi connectivity index (χ2v) is 2.20. The predicted molar refractivity (Wildman–Crippen MR) is 33.6 cm³/mol. The van der Waals surface area contributed by atoms with Crippen LogP contribution in [-0.4, -0.2) is 15.8 Å². The van der Waals surface area contributed by atoms with Crippen molar-refractivity contribution in [2.24, 2.45) is 0 Å². The smallest absolute Gasteiger partial charge is 0.332 e. The zero-order valence-electron chi connectivity index (χ0n) is 6.07. The number of nitrogens with one attached hydrogen (secondary N) is 1. The van der Waals surface area contributed by atoms with Crippen LogP contribution in [0.3, 0.4) is 0 Å². The number of Topliss-reactive ketones (excluding diaryl/α,β-unsaturated/α-hetero) is 1. The van der Waals surface area contributed by atoms with Crippen molar-refractivity contribution in [3.05, 3.63) is 17.7 Å². The highest BCUT2D eigenvalue weighted by molar-refractivity contribution is 5.90. The number of H-pyrrole nitrogens is 1. The standard InChI is InChI=1S/C6H5F3N2O/c1-3(12)5-10-2-4(11-5)6(7,8)9/h2H,1H3,(H,10,11). The van der Waals surface area contributed by atoms with Crippen molar-refractivity contribution in [2.75, 3.05) is 0 Å². The van der Waals surface area contributed by atoms with Gasteiger partial charge in [0.15, 0.2) is 11.6 Å². The Kier molecular flexibility index (Phi) is 1.91. The number of nitrogens with zero attached hydrogens (tertiary/aromatic N) is 1. The maximum Gasteiger partial charge on any atom is 0.432 e. The first kappa shape index (κ1) is 8.76. The van der Waals surface area contributed by atoms with Gasteiger partial charge in [0.05, 0.1) is 6.20 Å². The van der Waals surface area contributed by atoms with E-state index in [-0.39, 0.29) is 5.82 Å². The van der Waals surface area contributed by atoms with E-state index in [2.05, 4.69) is 4.98 Å². The molecular weight excluding hydrogens is 173 g/mol. The summed E-state index contributed by atoms with van der Waals surface area (Å²) >= 11 is 0. The maximum atomic E-state index is 11.9. The molecule has 12 heavy (non-hydrogen) atoms. The molecule has 1 heterocycles. The van der Waals surface area contributed by atoms with Crippen LogP contribution in [0.25, 0.3) is 0 Å². The molecule has 0 aliphatic carbocycles. The fraction of sp³-hybridized carbons (Fsp3) is 0.333. The molecule has 3 nitrogen and oxygen atoms in total. The SMILES string of the molecule is CC(=O)c1ncc(C(F)(F)F)[nH]1. The molecule has 0 atom stereocenters. The topological polar surface area (TPSA) is 45.8 Å². The van der Waals surface area contributed by atoms with Gasteiger partial charge >= 0.3 is 6.18 Å². The lowest BCUT2D eigenvalue weighted by molar-refractivity contribution is -0.140. The average Bonchev–Trinajstić information content (AvgIpc) is 2.30. The molecule has 0 spiro atoms. The Hall–Kier alpha value is -1.33. The summed E-state index contributed by atoms with van der Waals surface area (Å²) in [7, 11) is 0. The first-order valence-corrected chi connectivity index (χ1v) is 3.04. The monoisotopic (exact) mass is 178 g/mol. The molecule has 0 bridgehead atoms. The molecule has 0 fully saturated rings. The number of rotatable bonds is 1. The summed E-state index contributed by atoms with van der Waals surface area (Å²) in [4.78, 5) is 15.6. The third kappa shape index (κ3) is 1.63. The summed E-state index contributed by atoms with van der Waals surface area (Å²) in [6.45, 7) is 1.14. The molecule has 1 rings (SSSR count). The van der Waals surface area contributed by atoms with Crippen molar-refractivity contribution in [1.82, 2.24) is 9.97 Å². The molecule has 0 saturated carbocycles. The molecule has 6 heteroatoms. The lowest BCUT2D eigenvalue weighted by Gasteiger charge is -2.00. The van der Waals surface area contributed by atoms with Crippen molar-refractivity contribution >= 4 is 5.78 Å². The van der Waals surface area contributed by atoms with Gasteiger partial charge in [0.25, 0.3) is 0 Å². The number of aromatic nitrogens is 2. The van der Waals surface area contributed by atoms with Crippen molar-refractivity contribution in [1.29, 1.82) is 0 Å². The van der Waals surface area contributed by atoms with E-state index in [1.807, 2.05) is 4.98 Å². The van der Waals surface area contributed by atoms with E-state index in [4.69, 9.17) is 0 Å². The molecule has 1 aromatic heterocycles. The number of halogens is 3. The predicted octanol–water partition coefficient (Wildman–Crippen LogP) is 1.63. The Balaban J connectivity index is 3.00. The minimum Gasteiger partial charge on any atom is -0.332 e. The molecule has 0 amide bonds. The molecule has 66 valence electrons. The molecule has 0 unspecified atom stereocenters. The van der Waals surface area contributed by atoms with Gasteiger partial charge in [-0.1, -0.05) is 0 Å². The number of hydrogen-bond donors (Lipinski definition) is 1. The van der Waals surface area contributed by atoms with Crippen LogP contribution in [-0.2, 0) is 6.18 Å². The Bertz CT molecular complexity index is 302. The number of hydrogen-bond acceptors (Lipinski definition) is 2. The average molecular weight is 178 g/mol. The minimum atomic E-state index is -4.47. The van der Waals surface area contributed by atoms with Crippen LogP contribution in [0.15, 0.2) is 6.20 Å². The molecule has 0 saturated heterocycles. The van der Waals surface area contributed by atoms with Crippen LogP contribution in [0.2, 0.25) is 0 Å². The summed E-state index contributed by atoms with van der Waals surface area (Å²) in [5, 5.41) is 0. The maximum absolute atomic E-state index is 11.9. The van der Waals surface area contributed by atoms with Gasteiger partial charge in [-0.05, 0) is 0 Å². The Labute approximate surface area is 65.6 Å². The van der Waals surface area contributed by atoms with E-state index < -0.39 is 17.7 Å². The normalized spacial score (nSPS) is 11.7. The van der Waals surface area contributed by atoms with Crippen LogP contribution in [0.1, 0.15) is 23.2 Å². The summed E-state index contributed by atoms with van der Waals surface area (Å²) in [6.07, 6.45) is -3.88. The van der Waals surface area contributed by atoms with Crippen LogP contribution in [0, 0.1) is 0 Å². The van der Waals surface area contributed by atoms with Crippen LogP contribution in [0.5, 0.6) is 0 Å². The molecule has 1 aromatic rings. The number of carbonyl (C=O) groups excluding carboxylic acids is 1. The number of alkyl halides is 3. The molecule has 1 N–H and O–H groups in total. The van der Waals surface area contributed by atoms with Crippen molar-refractivity contribution in [2.45, 2.75) is 13.1 Å². The van der Waals surface area contributed by atoms with Gasteiger partial charge in [-0.2, -0.15) is 13.2 Å². The number of carbonyl (C=O) groups is 1.